The molecule has 2 atom stereocenters. The first-order valence-corrected chi connectivity index (χ1v) is 6.96. The number of carbonyl (C=O) groups is 1. The number of nitrogens with zero attached hydrogens (tertiary/aromatic N) is 3. The van der Waals surface area contributed by atoms with Gasteiger partial charge in [-0.15, -0.1) is 5.10 Å². The molecule has 21 heavy (non-hydrogen) atoms. The highest BCUT2D eigenvalue weighted by molar-refractivity contribution is 5.92. The van der Waals surface area contributed by atoms with E-state index in [0.29, 0.717) is 6.54 Å². The topological polar surface area (TPSA) is 80.0 Å². The van der Waals surface area contributed by atoms with Gasteiger partial charge in [0.1, 0.15) is 0 Å². The van der Waals surface area contributed by atoms with Crippen LogP contribution in [0, 0.1) is 5.92 Å². The minimum Gasteiger partial charge on any atom is -0.396 e. The quantitative estimate of drug-likeness (QED) is 0.833. The predicted molar refractivity (Wildman–Crippen MR) is 78.7 cm³/mol. The van der Waals surface area contributed by atoms with Crippen LogP contribution in [0.4, 0.5) is 0 Å². The fourth-order valence-electron chi connectivity index (χ4n) is 1.83. The Morgan fingerprint density at radius 3 is 2.71 bits per heavy atom. The van der Waals surface area contributed by atoms with Gasteiger partial charge in [-0.1, -0.05) is 42.5 Å². The summed E-state index contributed by atoms with van der Waals surface area (Å²) in [5.74, 6) is -0.282. The number of hydrogen-bond donors (Lipinski definition) is 2. The summed E-state index contributed by atoms with van der Waals surface area (Å²) in [5.41, 5.74) is 1.37. The number of amides is 1. The third-order valence-electron chi connectivity index (χ3n) is 3.46. The number of aliphatic hydroxyl groups excluding tert-OH is 1. The van der Waals surface area contributed by atoms with E-state index < -0.39 is 0 Å². The molecule has 2 aromatic rings. The molecule has 6 heteroatoms. The van der Waals surface area contributed by atoms with Gasteiger partial charge in [-0.05, 0) is 18.4 Å². The van der Waals surface area contributed by atoms with Crippen molar-refractivity contribution in [2.75, 3.05) is 6.61 Å². The maximum atomic E-state index is 12.0. The molecule has 0 fully saturated rings. The van der Waals surface area contributed by atoms with Crippen LogP contribution in [0.15, 0.2) is 36.5 Å². The Morgan fingerprint density at radius 2 is 2.05 bits per heavy atom. The average Bonchev–Trinajstić information content (AvgIpc) is 2.96. The number of rotatable bonds is 6. The lowest BCUT2D eigenvalue weighted by Crippen LogP contribution is -2.38. The van der Waals surface area contributed by atoms with E-state index in [4.69, 9.17) is 5.11 Å². The van der Waals surface area contributed by atoms with E-state index >= 15 is 0 Å². The fraction of sp³-hybridized carbons (Fsp3) is 0.400. The smallest absolute Gasteiger partial charge is 0.273 e. The molecule has 1 aromatic heterocycles. The highest BCUT2D eigenvalue weighted by atomic mass is 16.3. The molecule has 0 aliphatic heterocycles. The standard InChI is InChI=1S/C15H20N4O2/c1-11(10-20)12(2)16-15(21)14-9-19(18-17-14)8-13-6-4-3-5-7-13/h3-7,9,11-12,20H,8,10H2,1-2H3,(H,16,21). The molecule has 1 heterocycles. The lowest BCUT2D eigenvalue weighted by atomic mass is 10.1. The number of aromatic nitrogens is 3. The van der Waals surface area contributed by atoms with Crippen LogP contribution in [0.1, 0.15) is 29.9 Å². The van der Waals surface area contributed by atoms with Crippen LogP contribution in [0.3, 0.4) is 0 Å². The number of hydrogen-bond acceptors (Lipinski definition) is 4. The first-order chi connectivity index (χ1) is 10.1. The molecule has 1 amide bonds. The predicted octanol–water partition coefficient (Wildman–Crippen LogP) is 1.07. The SMILES string of the molecule is CC(CO)C(C)NC(=O)c1cn(Cc2ccccc2)nn1. The van der Waals surface area contributed by atoms with E-state index in [1.807, 2.05) is 44.2 Å². The van der Waals surface area contributed by atoms with Crippen molar-refractivity contribution in [1.82, 2.24) is 20.3 Å². The molecular formula is C15H20N4O2. The van der Waals surface area contributed by atoms with Crippen LogP contribution in [-0.2, 0) is 6.54 Å². The third kappa shape index (κ3) is 4.13. The van der Waals surface area contributed by atoms with Gasteiger partial charge >= 0.3 is 0 Å². The molecule has 0 radical (unpaired) electrons. The van der Waals surface area contributed by atoms with Crippen molar-refractivity contribution in [2.45, 2.75) is 26.4 Å². The van der Waals surface area contributed by atoms with Crippen molar-refractivity contribution < 1.29 is 9.90 Å². The van der Waals surface area contributed by atoms with Crippen LogP contribution >= 0.6 is 0 Å². The maximum absolute atomic E-state index is 12.0. The molecule has 0 saturated heterocycles. The van der Waals surface area contributed by atoms with Crippen LogP contribution in [-0.4, -0.2) is 38.7 Å². The highest BCUT2D eigenvalue weighted by Crippen LogP contribution is 2.04. The summed E-state index contributed by atoms with van der Waals surface area (Å²) < 4.78 is 1.63. The second-order valence-corrected chi connectivity index (χ2v) is 5.21. The molecule has 0 spiro atoms. The Morgan fingerprint density at radius 1 is 1.33 bits per heavy atom. The molecule has 0 aliphatic rings. The van der Waals surface area contributed by atoms with Crippen LogP contribution < -0.4 is 5.32 Å². The maximum Gasteiger partial charge on any atom is 0.273 e. The minimum absolute atomic E-state index is 0.00619. The van der Waals surface area contributed by atoms with Crippen molar-refractivity contribution >= 4 is 5.91 Å². The average molecular weight is 288 g/mol. The summed E-state index contributed by atoms with van der Waals surface area (Å²) in [4.78, 5) is 12.0. The lowest BCUT2D eigenvalue weighted by Gasteiger charge is -2.18. The molecular weight excluding hydrogens is 268 g/mol. The fourth-order valence-corrected chi connectivity index (χ4v) is 1.83. The zero-order valence-corrected chi connectivity index (χ0v) is 12.2. The highest BCUT2D eigenvalue weighted by Gasteiger charge is 2.17. The molecule has 2 rings (SSSR count). The molecule has 0 aliphatic carbocycles. The van der Waals surface area contributed by atoms with E-state index in [-0.39, 0.29) is 30.2 Å². The summed E-state index contributed by atoms with van der Waals surface area (Å²) in [6, 6.07) is 9.73. The molecule has 112 valence electrons. The van der Waals surface area contributed by atoms with Gasteiger partial charge < -0.3 is 10.4 Å². The second-order valence-electron chi connectivity index (χ2n) is 5.21. The van der Waals surface area contributed by atoms with Gasteiger partial charge in [0.2, 0.25) is 0 Å². The number of carbonyl (C=O) groups excluding carboxylic acids is 1. The van der Waals surface area contributed by atoms with Crippen LogP contribution in [0.2, 0.25) is 0 Å². The Bertz CT molecular complexity index is 582. The van der Waals surface area contributed by atoms with Crippen molar-refractivity contribution in [1.29, 1.82) is 0 Å². The van der Waals surface area contributed by atoms with Crippen molar-refractivity contribution in [2.24, 2.45) is 5.92 Å². The number of aliphatic hydroxyl groups is 1. The Labute approximate surface area is 123 Å². The third-order valence-corrected chi connectivity index (χ3v) is 3.46. The molecule has 6 nitrogen and oxygen atoms in total. The minimum atomic E-state index is -0.276. The van der Waals surface area contributed by atoms with E-state index in [0.717, 1.165) is 5.56 Å². The Kier molecular flexibility index (Phi) is 5.05. The zero-order chi connectivity index (χ0) is 15.2. The van der Waals surface area contributed by atoms with E-state index in [9.17, 15) is 4.79 Å². The van der Waals surface area contributed by atoms with Gasteiger partial charge in [0.05, 0.1) is 12.7 Å². The first-order valence-electron chi connectivity index (χ1n) is 6.96. The van der Waals surface area contributed by atoms with Crippen molar-refractivity contribution in [3.05, 3.63) is 47.8 Å². The van der Waals surface area contributed by atoms with Crippen LogP contribution in [0.5, 0.6) is 0 Å². The van der Waals surface area contributed by atoms with Gasteiger partial charge in [-0.25, -0.2) is 4.68 Å². The summed E-state index contributed by atoms with van der Waals surface area (Å²) in [7, 11) is 0. The molecule has 0 saturated carbocycles. The van der Waals surface area contributed by atoms with Gasteiger partial charge in [-0.3, -0.25) is 4.79 Å². The summed E-state index contributed by atoms with van der Waals surface area (Å²) in [5, 5.41) is 19.7. The monoisotopic (exact) mass is 288 g/mol. The van der Waals surface area contributed by atoms with Gasteiger partial charge in [0.25, 0.3) is 5.91 Å². The second kappa shape index (κ2) is 6.99. The lowest BCUT2D eigenvalue weighted by molar-refractivity contribution is 0.0911. The summed E-state index contributed by atoms with van der Waals surface area (Å²) >= 11 is 0. The molecule has 1 aromatic carbocycles. The van der Waals surface area contributed by atoms with E-state index in [1.54, 1.807) is 10.9 Å². The molecule has 2 unspecified atom stereocenters. The Hall–Kier alpha value is -2.21. The molecule has 2 N–H and O–H groups in total. The number of benzene rings is 1. The van der Waals surface area contributed by atoms with Gasteiger partial charge in [0.15, 0.2) is 5.69 Å². The largest absolute Gasteiger partial charge is 0.396 e. The zero-order valence-electron chi connectivity index (χ0n) is 12.2. The number of nitrogens with one attached hydrogen (secondary N) is 1. The van der Waals surface area contributed by atoms with Gasteiger partial charge in [0, 0.05) is 12.6 Å². The Balaban J connectivity index is 1.98. The normalized spacial score (nSPS) is 13.7. The van der Waals surface area contributed by atoms with E-state index in [2.05, 4.69) is 15.6 Å². The van der Waals surface area contributed by atoms with Gasteiger partial charge in [-0.2, -0.15) is 0 Å². The summed E-state index contributed by atoms with van der Waals surface area (Å²) in [6.07, 6.45) is 1.62. The van der Waals surface area contributed by atoms with Crippen molar-refractivity contribution in [3.63, 3.8) is 0 Å². The van der Waals surface area contributed by atoms with Crippen molar-refractivity contribution in [3.8, 4) is 0 Å². The first kappa shape index (κ1) is 15.2. The van der Waals surface area contributed by atoms with Crippen LogP contribution in [0.25, 0.3) is 0 Å². The van der Waals surface area contributed by atoms with E-state index in [1.165, 1.54) is 0 Å². The summed E-state index contributed by atoms with van der Waals surface area (Å²) in [6.45, 7) is 4.33. The molecule has 0 bridgehead atoms.